The van der Waals surface area contributed by atoms with Crippen molar-refractivity contribution in [1.82, 2.24) is 5.32 Å². The summed E-state index contributed by atoms with van der Waals surface area (Å²) in [6, 6.07) is 0. The van der Waals surface area contributed by atoms with Crippen LogP contribution in [0.1, 0.15) is 118 Å². The van der Waals surface area contributed by atoms with Gasteiger partial charge in [0.05, 0.1) is 12.5 Å². The smallest absolute Gasteiger partial charge is 0.408 e. The monoisotopic (exact) mass is 439 g/mol. The van der Waals surface area contributed by atoms with Gasteiger partial charge in [0.25, 0.3) is 0 Å². The van der Waals surface area contributed by atoms with Crippen LogP contribution in [0.2, 0.25) is 0 Å². The minimum atomic E-state index is -0.573. The molecule has 2 unspecified atom stereocenters. The summed E-state index contributed by atoms with van der Waals surface area (Å²) >= 11 is 0. The third-order valence-corrected chi connectivity index (χ3v) is 5.98. The number of alkyl carbamates (subject to hydrolysis) is 1. The van der Waals surface area contributed by atoms with Gasteiger partial charge in [0.2, 0.25) is 0 Å². The van der Waals surface area contributed by atoms with Gasteiger partial charge in [0, 0.05) is 12.0 Å². The highest BCUT2D eigenvalue weighted by atomic mass is 16.6. The molecular weight excluding hydrogens is 394 g/mol. The summed E-state index contributed by atoms with van der Waals surface area (Å²) in [5.41, 5.74) is -1.12. The largest absolute Gasteiger partial charge is 0.465 e. The molecule has 1 amide bonds. The first-order valence-corrected chi connectivity index (χ1v) is 12.3. The van der Waals surface area contributed by atoms with E-state index in [-0.39, 0.29) is 11.9 Å². The van der Waals surface area contributed by atoms with E-state index in [2.05, 4.69) is 12.2 Å². The van der Waals surface area contributed by atoms with E-state index in [0.717, 1.165) is 89.8 Å². The Kier molecular flexibility index (Phi) is 12.8. The summed E-state index contributed by atoms with van der Waals surface area (Å²) in [4.78, 5) is 36.4. The molecule has 0 aromatic heterocycles. The SMILES string of the molecule is CCCCOC(=O)C1CCCCCCC(CC=O)(NC(=O)OC(C)(C)C)CCCCC1. The van der Waals surface area contributed by atoms with Crippen LogP contribution in [0, 0.1) is 5.92 Å². The van der Waals surface area contributed by atoms with Gasteiger partial charge < -0.3 is 19.6 Å². The summed E-state index contributed by atoms with van der Waals surface area (Å²) in [6.45, 7) is 8.14. The highest BCUT2D eigenvalue weighted by Crippen LogP contribution is 2.29. The number of hydrogen-bond acceptors (Lipinski definition) is 5. The van der Waals surface area contributed by atoms with E-state index >= 15 is 0 Å². The number of nitrogens with one attached hydrogen (secondary N) is 1. The molecule has 0 bridgehead atoms. The first-order chi connectivity index (χ1) is 14.7. The molecule has 31 heavy (non-hydrogen) atoms. The number of hydrogen-bond donors (Lipinski definition) is 1. The van der Waals surface area contributed by atoms with E-state index in [9.17, 15) is 14.4 Å². The molecule has 1 fully saturated rings. The van der Waals surface area contributed by atoms with Gasteiger partial charge in [0.15, 0.2) is 0 Å². The lowest BCUT2D eigenvalue weighted by molar-refractivity contribution is -0.149. The van der Waals surface area contributed by atoms with Crippen molar-refractivity contribution in [3.63, 3.8) is 0 Å². The number of ether oxygens (including phenoxy) is 2. The number of unbranched alkanes of at least 4 members (excludes halogenated alkanes) is 1. The van der Waals surface area contributed by atoms with Gasteiger partial charge in [-0.3, -0.25) is 4.79 Å². The molecule has 0 aromatic carbocycles. The summed E-state index contributed by atoms with van der Waals surface area (Å²) in [6.07, 6.45) is 12.8. The van der Waals surface area contributed by atoms with Crippen molar-refractivity contribution < 1.29 is 23.9 Å². The molecule has 6 heteroatoms. The molecule has 0 heterocycles. The van der Waals surface area contributed by atoms with Gasteiger partial charge in [-0.15, -0.1) is 0 Å². The van der Waals surface area contributed by atoms with E-state index in [0.29, 0.717) is 13.0 Å². The topological polar surface area (TPSA) is 81.7 Å². The second kappa shape index (κ2) is 14.5. The predicted octanol–water partition coefficient (Wildman–Crippen LogP) is 6.10. The Hall–Kier alpha value is -1.59. The Morgan fingerprint density at radius 3 is 2.13 bits per heavy atom. The maximum Gasteiger partial charge on any atom is 0.408 e. The lowest BCUT2D eigenvalue weighted by atomic mass is 9.84. The molecule has 0 radical (unpaired) electrons. The van der Waals surface area contributed by atoms with Crippen molar-refractivity contribution >= 4 is 18.3 Å². The van der Waals surface area contributed by atoms with Crippen LogP contribution < -0.4 is 5.32 Å². The quantitative estimate of drug-likeness (QED) is 0.294. The zero-order valence-electron chi connectivity index (χ0n) is 20.3. The molecule has 0 spiro atoms. The molecule has 180 valence electrons. The molecule has 6 nitrogen and oxygen atoms in total. The Morgan fingerprint density at radius 1 is 1.00 bits per heavy atom. The first kappa shape index (κ1) is 27.4. The number of carbonyl (C=O) groups is 3. The molecule has 1 rings (SSSR count). The number of carbonyl (C=O) groups excluding carboxylic acids is 3. The second-order valence-corrected chi connectivity index (χ2v) is 10.0. The standard InChI is InChI=1S/C25H45NO5/c1-5-6-20-30-22(28)21-14-10-7-8-12-16-25(18-19-27,17-13-9-11-15-21)26-23(29)31-24(2,3)4/h19,21H,5-18,20H2,1-4H3,(H,26,29). The van der Waals surface area contributed by atoms with Crippen LogP contribution in [0.4, 0.5) is 4.79 Å². The van der Waals surface area contributed by atoms with Crippen LogP contribution in [0.5, 0.6) is 0 Å². The van der Waals surface area contributed by atoms with E-state index in [1.165, 1.54) is 0 Å². The van der Waals surface area contributed by atoms with Crippen LogP contribution in [0.25, 0.3) is 0 Å². The Balaban J connectivity index is 2.72. The van der Waals surface area contributed by atoms with Gasteiger partial charge in [-0.1, -0.05) is 58.3 Å². The lowest BCUT2D eigenvalue weighted by Crippen LogP contribution is -2.50. The van der Waals surface area contributed by atoms with Crippen LogP contribution in [-0.2, 0) is 19.1 Å². The van der Waals surface area contributed by atoms with Gasteiger partial charge in [0.1, 0.15) is 11.9 Å². The fraction of sp³-hybridized carbons (Fsp3) is 0.880. The summed E-state index contributed by atoms with van der Waals surface area (Å²) in [7, 11) is 0. The molecule has 0 aliphatic heterocycles. The highest BCUT2D eigenvalue weighted by Gasteiger charge is 2.33. The summed E-state index contributed by atoms with van der Waals surface area (Å²) < 4.78 is 10.9. The van der Waals surface area contributed by atoms with Crippen molar-refractivity contribution in [2.24, 2.45) is 5.92 Å². The molecule has 1 aliphatic carbocycles. The van der Waals surface area contributed by atoms with E-state index in [1.54, 1.807) is 0 Å². The van der Waals surface area contributed by atoms with E-state index < -0.39 is 17.2 Å². The molecule has 2 atom stereocenters. The summed E-state index contributed by atoms with van der Waals surface area (Å²) in [5, 5.41) is 3.05. The van der Waals surface area contributed by atoms with E-state index in [1.807, 2.05) is 20.8 Å². The van der Waals surface area contributed by atoms with Crippen molar-refractivity contribution in [2.75, 3.05) is 6.61 Å². The first-order valence-electron chi connectivity index (χ1n) is 12.3. The third kappa shape index (κ3) is 12.1. The van der Waals surface area contributed by atoms with Crippen molar-refractivity contribution in [3.05, 3.63) is 0 Å². The fourth-order valence-electron chi connectivity index (χ4n) is 4.24. The van der Waals surface area contributed by atoms with Gasteiger partial charge in [-0.05, 0) is 52.9 Å². The zero-order chi connectivity index (χ0) is 23.2. The normalized spacial score (nSPS) is 24.1. The second-order valence-electron chi connectivity index (χ2n) is 10.0. The zero-order valence-corrected chi connectivity index (χ0v) is 20.3. The molecule has 1 aliphatic rings. The van der Waals surface area contributed by atoms with Crippen molar-refractivity contribution in [2.45, 2.75) is 129 Å². The molecule has 0 aromatic rings. The number of aldehydes is 1. The van der Waals surface area contributed by atoms with Gasteiger partial charge in [-0.2, -0.15) is 0 Å². The van der Waals surface area contributed by atoms with Crippen LogP contribution >= 0.6 is 0 Å². The maximum absolute atomic E-state index is 12.5. The van der Waals surface area contributed by atoms with Gasteiger partial charge >= 0.3 is 12.1 Å². The average molecular weight is 440 g/mol. The number of amides is 1. The minimum absolute atomic E-state index is 0.00256. The molecular formula is C25H45NO5. The molecule has 1 N–H and O–H groups in total. The minimum Gasteiger partial charge on any atom is -0.465 e. The van der Waals surface area contributed by atoms with Crippen molar-refractivity contribution in [1.29, 1.82) is 0 Å². The number of rotatable bonds is 7. The molecule has 1 saturated carbocycles. The fourth-order valence-corrected chi connectivity index (χ4v) is 4.24. The van der Waals surface area contributed by atoms with Gasteiger partial charge in [-0.25, -0.2) is 4.79 Å². The third-order valence-electron chi connectivity index (χ3n) is 5.98. The predicted molar refractivity (Wildman–Crippen MR) is 123 cm³/mol. The highest BCUT2D eigenvalue weighted by molar-refractivity contribution is 5.72. The van der Waals surface area contributed by atoms with E-state index in [4.69, 9.17) is 9.47 Å². The molecule has 0 saturated heterocycles. The Morgan fingerprint density at radius 2 is 1.58 bits per heavy atom. The van der Waals surface area contributed by atoms with Crippen LogP contribution in [0.3, 0.4) is 0 Å². The Bertz CT molecular complexity index is 543. The van der Waals surface area contributed by atoms with Crippen LogP contribution in [0.15, 0.2) is 0 Å². The lowest BCUT2D eigenvalue weighted by Gasteiger charge is -2.34. The summed E-state index contributed by atoms with van der Waals surface area (Å²) in [5.74, 6) is -0.0394. The number of esters is 1. The average Bonchev–Trinajstić information content (AvgIpc) is 2.68. The van der Waals surface area contributed by atoms with Crippen molar-refractivity contribution in [3.8, 4) is 0 Å². The van der Waals surface area contributed by atoms with Crippen LogP contribution in [-0.4, -0.2) is 36.1 Å². The Labute approximate surface area is 189 Å². The maximum atomic E-state index is 12.5.